The van der Waals surface area contributed by atoms with E-state index in [0.29, 0.717) is 24.9 Å². The summed E-state index contributed by atoms with van der Waals surface area (Å²) < 4.78 is 22.2. The fourth-order valence-corrected chi connectivity index (χ4v) is 3.56. The van der Waals surface area contributed by atoms with E-state index >= 15 is 0 Å². The van der Waals surface area contributed by atoms with Crippen molar-refractivity contribution >= 4 is 11.7 Å². The molecule has 1 aliphatic heterocycles. The van der Waals surface area contributed by atoms with Gasteiger partial charge in [-0.15, -0.1) is 0 Å². The van der Waals surface area contributed by atoms with E-state index in [2.05, 4.69) is 0 Å². The second kappa shape index (κ2) is 5.00. The van der Waals surface area contributed by atoms with Crippen LogP contribution in [-0.4, -0.2) is 25.0 Å². The lowest BCUT2D eigenvalue weighted by Crippen LogP contribution is -2.35. The molecule has 21 heavy (non-hydrogen) atoms. The van der Waals surface area contributed by atoms with E-state index in [0.717, 1.165) is 30.4 Å². The summed E-state index contributed by atoms with van der Waals surface area (Å²) in [6.45, 7) is 2.17. The predicted octanol–water partition coefficient (Wildman–Crippen LogP) is 2.65. The first kappa shape index (κ1) is 13.1. The number of esters is 1. The Balaban J connectivity index is 1.74. The van der Waals surface area contributed by atoms with E-state index in [1.807, 2.05) is 0 Å². The minimum absolute atomic E-state index is 0.0834. The molecule has 1 aromatic heterocycles. The van der Waals surface area contributed by atoms with Crippen molar-refractivity contribution in [3.8, 4) is 0 Å². The molecule has 2 heterocycles. The van der Waals surface area contributed by atoms with Crippen LogP contribution in [0.1, 0.15) is 37.3 Å². The molecule has 0 N–H and O–H groups in total. The fraction of sp³-hybridized carbons (Fsp3) is 0.562. The lowest BCUT2D eigenvalue weighted by Gasteiger charge is -2.35. The Hall–Kier alpha value is -1.59. The minimum Gasteiger partial charge on any atom is -0.472 e. The molecule has 0 bridgehead atoms. The summed E-state index contributed by atoms with van der Waals surface area (Å²) in [5.74, 6) is 0.824. The highest BCUT2D eigenvalue weighted by molar-refractivity contribution is 5.80. The van der Waals surface area contributed by atoms with Crippen molar-refractivity contribution in [1.82, 2.24) is 0 Å². The van der Waals surface area contributed by atoms with Gasteiger partial charge in [0.25, 0.3) is 0 Å². The van der Waals surface area contributed by atoms with Crippen molar-refractivity contribution in [1.29, 1.82) is 0 Å². The normalized spacial score (nSPS) is 30.6. The molecule has 0 amide bonds. The first-order chi connectivity index (χ1) is 10.3. The summed E-state index contributed by atoms with van der Waals surface area (Å²) in [6, 6.07) is 0. The Morgan fingerprint density at radius 2 is 2.14 bits per heavy atom. The number of carbonyl (C=O) groups is 1. The number of furan rings is 1. The topological polar surface area (TPSA) is 57.9 Å². The monoisotopic (exact) mass is 290 g/mol. The zero-order valence-electron chi connectivity index (χ0n) is 12.0. The molecule has 5 heteroatoms. The second-order valence-electron chi connectivity index (χ2n) is 5.86. The van der Waals surface area contributed by atoms with Gasteiger partial charge in [0, 0.05) is 18.4 Å². The van der Waals surface area contributed by atoms with Crippen LogP contribution in [0.4, 0.5) is 0 Å². The molecule has 2 aliphatic carbocycles. The van der Waals surface area contributed by atoms with Crippen LogP contribution in [0.25, 0.3) is 5.76 Å². The standard InChI is InChI=1S/C16H18O5/c1-2-15(17)21-16-11-5-14-13(19-8-20-14)4-9(11)3-10-6-18-7-12(10)16/h6-7,9,13-14H,2-5,8H2,1H3. The molecule has 1 aromatic rings. The van der Waals surface area contributed by atoms with Crippen LogP contribution in [0, 0.1) is 5.92 Å². The molecule has 0 radical (unpaired) electrons. The molecular weight excluding hydrogens is 272 g/mol. The zero-order valence-corrected chi connectivity index (χ0v) is 12.0. The van der Waals surface area contributed by atoms with Crippen molar-refractivity contribution < 1.29 is 23.4 Å². The van der Waals surface area contributed by atoms with Gasteiger partial charge in [-0.25, -0.2) is 0 Å². The van der Waals surface area contributed by atoms with Crippen LogP contribution in [0.3, 0.4) is 0 Å². The summed E-state index contributed by atoms with van der Waals surface area (Å²) in [4.78, 5) is 11.8. The van der Waals surface area contributed by atoms with E-state index in [-0.39, 0.29) is 18.2 Å². The van der Waals surface area contributed by atoms with Gasteiger partial charge in [0.05, 0.1) is 24.0 Å². The Labute approximate surface area is 122 Å². The fourth-order valence-electron chi connectivity index (χ4n) is 3.56. The third-order valence-electron chi connectivity index (χ3n) is 4.66. The Kier molecular flexibility index (Phi) is 3.12. The lowest BCUT2D eigenvalue weighted by molar-refractivity contribution is -0.136. The molecule has 1 saturated heterocycles. The van der Waals surface area contributed by atoms with Gasteiger partial charge in [0.2, 0.25) is 0 Å². The maximum absolute atomic E-state index is 11.8. The summed E-state index contributed by atoms with van der Waals surface area (Å²) in [5.41, 5.74) is 3.21. The summed E-state index contributed by atoms with van der Waals surface area (Å²) in [6.07, 6.45) is 6.64. The first-order valence-electron chi connectivity index (χ1n) is 7.48. The number of hydrogen-bond acceptors (Lipinski definition) is 5. The Bertz CT molecular complexity index is 600. The Morgan fingerprint density at radius 1 is 1.29 bits per heavy atom. The number of hydrogen-bond donors (Lipinski definition) is 0. The van der Waals surface area contributed by atoms with Crippen LogP contribution in [0.15, 0.2) is 22.5 Å². The molecule has 0 aromatic carbocycles. The van der Waals surface area contributed by atoms with Crippen molar-refractivity contribution in [2.75, 3.05) is 6.79 Å². The van der Waals surface area contributed by atoms with Gasteiger partial charge in [0.1, 0.15) is 18.8 Å². The summed E-state index contributed by atoms with van der Waals surface area (Å²) in [5, 5.41) is 0. The third kappa shape index (κ3) is 2.12. The van der Waals surface area contributed by atoms with Crippen molar-refractivity contribution in [3.05, 3.63) is 29.2 Å². The highest BCUT2D eigenvalue weighted by atomic mass is 16.7. The predicted molar refractivity (Wildman–Crippen MR) is 73.1 cm³/mol. The van der Waals surface area contributed by atoms with Gasteiger partial charge >= 0.3 is 5.97 Å². The molecule has 2 fully saturated rings. The first-order valence-corrected chi connectivity index (χ1v) is 7.48. The third-order valence-corrected chi connectivity index (χ3v) is 4.66. The van der Waals surface area contributed by atoms with E-state index in [4.69, 9.17) is 18.6 Å². The van der Waals surface area contributed by atoms with Crippen LogP contribution in [-0.2, 0) is 25.4 Å². The van der Waals surface area contributed by atoms with Gasteiger partial charge in [-0.2, -0.15) is 0 Å². The molecular formula is C16H18O5. The number of carbonyl (C=O) groups excluding carboxylic acids is 1. The highest BCUT2D eigenvalue weighted by Gasteiger charge is 2.43. The molecule has 112 valence electrons. The largest absolute Gasteiger partial charge is 0.472 e. The lowest BCUT2D eigenvalue weighted by atomic mass is 9.73. The van der Waals surface area contributed by atoms with Crippen molar-refractivity contribution in [2.45, 2.75) is 44.8 Å². The van der Waals surface area contributed by atoms with Gasteiger partial charge in [-0.3, -0.25) is 4.79 Å². The van der Waals surface area contributed by atoms with Crippen molar-refractivity contribution in [2.24, 2.45) is 5.92 Å². The maximum Gasteiger partial charge on any atom is 0.310 e. The zero-order chi connectivity index (χ0) is 14.4. The van der Waals surface area contributed by atoms with E-state index in [9.17, 15) is 4.79 Å². The molecule has 0 spiro atoms. The number of fused-ring (bicyclic) bond motifs is 3. The SMILES string of the molecule is CCC(=O)OC1=C2CC3OCOC3CC2Cc2cocc21. The van der Waals surface area contributed by atoms with E-state index < -0.39 is 0 Å². The number of rotatable bonds is 2. The average molecular weight is 290 g/mol. The van der Waals surface area contributed by atoms with E-state index in [1.54, 1.807) is 19.5 Å². The van der Waals surface area contributed by atoms with Crippen LogP contribution in [0.2, 0.25) is 0 Å². The second-order valence-corrected chi connectivity index (χ2v) is 5.86. The van der Waals surface area contributed by atoms with Gasteiger partial charge in [-0.05, 0) is 24.3 Å². The van der Waals surface area contributed by atoms with Gasteiger partial charge < -0.3 is 18.6 Å². The molecule has 3 unspecified atom stereocenters. The summed E-state index contributed by atoms with van der Waals surface area (Å²) >= 11 is 0. The average Bonchev–Trinajstić information content (AvgIpc) is 3.12. The molecule has 5 nitrogen and oxygen atoms in total. The highest BCUT2D eigenvalue weighted by Crippen LogP contribution is 2.45. The van der Waals surface area contributed by atoms with Crippen LogP contribution >= 0.6 is 0 Å². The van der Waals surface area contributed by atoms with Crippen molar-refractivity contribution in [3.63, 3.8) is 0 Å². The molecule has 4 rings (SSSR count). The maximum atomic E-state index is 11.8. The Morgan fingerprint density at radius 3 is 3.00 bits per heavy atom. The molecule has 3 aliphatic rings. The summed E-state index contributed by atoms with van der Waals surface area (Å²) in [7, 11) is 0. The number of ether oxygens (including phenoxy) is 3. The smallest absolute Gasteiger partial charge is 0.310 e. The van der Waals surface area contributed by atoms with Crippen LogP contribution < -0.4 is 0 Å². The quantitative estimate of drug-likeness (QED) is 0.784. The molecule has 1 saturated carbocycles. The van der Waals surface area contributed by atoms with Crippen LogP contribution in [0.5, 0.6) is 0 Å². The minimum atomic E-state index is -0.212. The van der Waals surface area contributed by atoms with Gasteiger partial charge in [-0.1, -0.05) is 6.92 Å². The van der Waals surface area contributed by atoms with Gasteiger partial charge in [0.15, 0.2) is 0 Å². The molecule has 3 atom stereocenters. The van der Waals surface area contributed by atoms with E-state index in [1.165, 1.54) is 5.57 Å².